The van der Waals surface area contributed by atoms with Gasteiger partial charge in [-0.05, 0) is 54.7 Å². The molecule has 5 nitrogen and oxygen atoms in total. The van der Waals surface area contributed by atoms with Gasteiger partial charge in [0.05, 0.1) is 6.20 Å². The van der Waals surface area contributed by atoms with E-state index >= 15 is 0 Å². The molecule has 1 heterocycles. The van der Waals surface area contributed by atoms with Crippen LogP contribution in [0.3, 0.4) is 0 Å². The first-order valence-corrected chi connectivity index (χ1v) is 9.28. The van der Waals surface area contributed by atoms with E-state index in [1.54, 1.807) is 6.20 Å². The van der Waals surface area contributed by atoms with Gasteiger partial charge in [0.25, 0.3) is 0 Å². The zero-order chi connectivity index (χ0) is 19.4. The number of nitrogens with zero attached hydrogens (tertiary/aromatic N) is 4. The third-order valence-corrected chi connectivity index (χ3v) is 4.46. The molecule has 0 radical (unpaired) electrons. The SMILES string of the molecule is CCN(c1cccc(C)c1)c1cnnc(Nc2ccc(C(C)(C)C)cc2)n1. The smallest absolute Gasteiger partial charge is 0.249 e. The maximum atomic E-state index is 4.66. The van der Waals surface area contributed by atoms with Gasteiger partial charge in [-0.3, -0.25) is 0 Å². The Labute approximate surface area is 161 Å². The van der Waals surface area contributed by atoms with Crippen LogP contribution in [0.5, 0.6) is 0 Å². The van der Waals surface area contributed by atoms with E-state index in [1.165, 1.54) is 11.1 Å². The molecule has 2 aromatic carbocycles. The molecule has 0 amide bonds. The second-order valence-corrected chi connectivity index (χ2v) is 7.67. The van der Waals surface area contributed by atoms with Gasteiger partial charge in [-0.25, -0.2) is 0 Å². The van der Waals surface area contributed by atoms with E-state index < -0.39 is 0 Å². The highest BCUT2D eigenvalue weighted by Gasteiger charge is 2.14. The monoisotopic (exact) mass is 361 g/mol. The van der Waals surface area contributed by atoms with Gasteiger partial charge in [-0.1, -0.05) is 45.0 Å². The van der Waals surface area contributed by atoms with Gasteiger partial charge < -0.3 is 10.2 Å². The first-order chi connectivity index (χ1) is 12.9. The van der Waals surface area contributed by atoms with Gasteiger partial charge in [0.2, 0.25) is 5.95 Å². The maximum Gasteiger partial charge on any atom is 0.249 e. The summed E-state index contributed by atoms with van der Waals surface area (Å²) >= 11 is 0. The number of aryl methyl sites for hydroxylation is 1. The summed E-state index contributed by atoms with van der Waals surface area (Å²) < 4.78 is 0. The topological polar surface area (TPSA) is 53.9 Å². The van der Waals surface area contributed by atoms with E-state index in [2.05, 4.69) is 109 Å². The number of benzene rings is 2. The fraction of sp³-hybridized carbons (Fsp3) is 0.318. The van der Waals surface area contributed by atoms with Crippen LogP contribution in [-0.2, 0) is 5.41 Å². The lowest BCUT2D eigenvalue weighted by atomic mass is 9.87. The Morgan fingerprint density at radius 1 is 1.04 bits per heavy atom. The number of hydrogen-bond donors (Lipinski definition) is 1. The van der Waals surface area contributed by atoms with Crippen molar-refractivity contribution in [3.05, 3.63) is 65.9 Å². The summed E-state index contributed by atoms with van der Waals surface area (Å²) in [7, 11) is 0. The van der Waals surface area contributed by atoms with E-state index in [4.69, 9.17) is 0 Å². The van der Waals surface area contributed by atoms with Crippen molar-refractivity contribution in [2.24, 2.45) is 0 Å². The zero-order valence-electron chi connectivity index (χ0n) is 16.7. The molecule has 5 heteroatoms. The van der Waals surface area contributed by atoms with Gasteiger partial charge in [0.1, 0.15) is 0 Å². The maximum absolute atomic E-state index is 4.66. The Kier molecular flexibility index (Phi) is 5.40. The molecule has 0 unspecified atom stereocenters. The molecule has 0 saturated carbocycles. The fourth-order valence-corrected chi connectivity index (χ4v) is 2.93. The van der Waals surface area contributed by atoms with E-state index in [0.29, 0.717) is 5.95 Å². The van der Waals surface area contributed by atoms with Crippen LogP contribution in [0.1, 0.15) is 38.8 Å². The molecule has 0 spiro atoms. The summed E-state index contributed by atoms with van der Waals surface area (Å²) in [5.41, 5.74) is 4.67. The van der Waals surface area contributed by atoms with Crippen molar-refractivity contribution >= 4 is 23.1 Å². The normalized spacial score (nSPS) is 11.3. The molecule has 140 valence electrons. The molecule has 0 saturated heterocycles. The molecule has 1 N–H and O–H groups in total. The van der Waals surface area contributed by atoms with Crippen molar-refractivity contribution in [2.75, 3.05) is 16.8 Å². The van der Waals surface area contributed by atoms with Crippen molar-refractivity contribution in [1.29, 1.82) is 0 Å². The Hall–Kier alpha value is -2.95. The van der Waals surface area contributed by atoms with Crippen molar-refractivity contribution in [3.63, 3.8) is 0 Å². The number of rotatable bonds is 5. The third-order valence-electron chi connectivity index (χ3n) is 4.46. The van der Waals surface area contributed by atoms with Gasteiger partial charge in [-0.2, -0.15) is 10.1 Å². The van der Waals surface area contributed by atoms with Crippen LogP contribution in [0.15, 0.2) is 54.7 Å². The lowest BCUT2D eigenvalue weighted by Gasteiger charge is -2.22. The summed E-state index contributed by atoms with van der Waals surface area (Å²) in [6.45, 7) is 11.6. The van der Waals surface area contributed by atoms with Crippen LogP contribution in [0.2, 0.25) is 0 Å². The van der Waals surface area contributed by atoms with Gasteiger partial charge in [0.15, 0.2) is 5.82 Å². The predicted octanol–water partition coefficient (Wildman–Crippen LogP) is 5.38. The second-order valence-electron chi connectivity index (χ2n) is 7.67. The molecule has 0 atom stereocenters. The molecule has 0 aliphatic rings. The van der Waals surface area contributed by atoms with Crippen LogP contribution in [0.25, 0.3) is 0 Å². The van der Waals surface area contributed by atoms with Crippen LogP contribution in [-0.4, -0.2) is 21.7 Å². The van der Waals surface area contributed by atoms with Crippen molar-refractivity contribution in [3.8, 4) is 0 Å². The predicted molar refractivity (Wildman–Crippen MR) is 112 cm³/mol. The molecule has 0 fully saturated rings. The second kappa shape index (κ2) is 7.74. The number of nitrogens with one attached hydrogen (secondary N) is 1. The van der Waals surface area contributed by atoms with Crippen LogP contribution in [0.4, 0.5) is 23.1 Å². The van der Waals surface area contributed by atoms with E-state index in [9.17, 15) is 0 Å². The molecule has 3 aromatic rings. The lowest BCUT2D eigenvalue weighted by Crippen LogP contribution is -2.18. The molecule has 3 rings (SSSR count). The average molecular weight is 361 g/mol. The Morgan fingerprint density at radius 2 is 1.78 bits per heavy atom. The Morgan fingerprint density at radius 3 is 2.41 bits per heavy atom. The lowest BCUT2D eigenvalue weighted by molar-refractivity contribution is 0.590. The van der Waals surface area contributed by atoms with Crippen LogP contribution in [0, 0.1) is 6.92 Å². The zero-order valence-corrected chi connectivity index (χ0v) is 16.7. The Balaban J connectivity index is 1.82. The molecule has 27 heavy (non-hydrogen) atoms. The highest BCUT2D eigenvalue weighted by Crippen LogP contribution is 2.26. The third kappa shape index (κ3) is 4.61. The van der Waals surface area contributed by atoms with E-state index in [0.717, 1.165) is 23.7 Å². The molecule has 0 bridgehead atoms. The van der Waals surface area contributed by atoms with E-state index in [-0.39, 0.29) is 5.41 Å². The van der Waals surface area contributed by atoms with Crippen molar-refractivity contribution in [1.82, 2.24) is 15.2 Å². The molecule has 0 aliphatic heterocycles. The first kappa shape index (κ1) is 18.8. The molecule has 0 aliphatic carbocycles. The fourth-order valence-electron chi connectivity index (χ4n) is 2.93. The highest BCUT2D eigenvalue weighted by molar-refractivity contribution is 5.62. The number of aromatic nitrogens is 3. The summed E-state index contributed by atoms with van der Waals surface area (Å²) in [6.07, 6.45) is 1.69. The molecular weight excluding hydrogens is 334 g/mol. The Bertz CT molecular complexity index is 897. The standard InChI is InChI=1S/C22H27N5/c1-6-27(19-9-7-8-16(2)14-19)20-15-23-26-21(25-20)24-18-12-10-17(11-13-18)22(3,4)5/h7-15H,6H2,1-5H3,(H,24,25,26). The van der Waals surface area contributed by atoms with Gasteiger partial charge >= 0.3 is 0 Å². The quantitative estimate of drug-likeness (QED) is 0.661. The van der Waals surface area contributed by atoms with E-state index in [1.807, 2.05) is 0 Å². The number of anilines is 4. The van der Waals surface area contributed by atoms with Crippen LogP contribution < -0.4 is 10.2 Å². The minimum atomic E-state index is 0.131. The van der Waals surface area contributed by atoms with Crippen molar-refractivity contribution < 1.29 is 0 Å². The van der Waals surface area contributed by atoms with Gasteiger partial charge in [-0.15, -0.1) is 5.10 Å². The van der Waals surface area contributed by atoms with Crippen molar-refractivity contribution in [2.45, 2.75) is 40.0 Å². The first-order valence-electron chi connectivity index (χ1n) is 9.28. The highest BCUT2D eigenvalue weighted by atomic mass is 15.3. The molecule has 1 aromatic heterocycles. The number of hydrogen-bond acceptors (Lipinski definition) is 5. The minimum absolute atomic E-state index is 0.131. The average Bonchev–Trinajstić information content (AvgIpc) is 2.62. The largest absolute Gasteiger partial charge is 0.325 e. The summed E-state index contributed by atoms with van der Waals surface area (Å²) in [4.78, 5) is 6.78. The summed E-state index contributed by atoms with van der Waals surface area (Å²) in [6, 6.07) is 16.7. The summed E-state index contributed by atoms with van der Waals surface area (Å²) in [5.74, 6) is 1.26. The summed E-state index contributed by atoms with van der Waals surface area (Å²) in [5, 5.41) is 11.5. The van der Waals surface area contributed by atoms with Gasteiger partial charge in [0, 0.05) is 17.9 Å². The minimum Gasteiger partial charge on any atom is -0.325 e. The molecular formula is C22H27N5. The van der Waals surface area contributed by atoms with Crippen LogP contribution >= 0.6 is 0 Å².